The number of benzene rings is 1. The van der Waals surface area contributed by atoms with Gasteiger partial charge in [0.05, 0.1) is 0 Å². The van der Waals surface area contributed by atoms with Gasteiger partial charge >= 0.3 is 0 Å². The summed E-state index contributed by atoms with van der Waals surface area (Å²) in [6.07, 6.45) is 0. The molecule has 0 aliphatic heterocycles. The average molecular weight is 227 g/mol. The highest BCUT2D eigenvalue weighted by molar-refractivity contribution is 6.30. The van der Waals surface area contributed by atoms with E-state index in [-0.39, 0.29) is 5.91 Å². The molecule has 1 rings (SSSR count). The van der Waals surface area contributed by atoms with Gasteiger partial charge in [0.15, 0.2) is 0 Å². The molecule has 0 bridgehead atoms. The van der Waals surface area contributed by atoms with Gasteiger partial charge in [-0.05, 0) is 30.7 Å². The van der Waals surface area contributed by atoms with Crippen molar-refractivity contribution in [2.24, 2.45) is 5.73 Å². The predicted octanol–water partition coefficient (Wildman–Crippen LogP) is 1.68. The fourth-order valence-corrected chi connectivity index (χ4v) is 1.59. The van der Waals surface area contributed by atoms with Crippen LogP contribution in [-0.4, -0.2) is 30.9 Å². The van der Waals surface area contributed by atoms with Crippen molar-refractivity contribution in [1.29, 1.82) is 0 Å². The van der Waals surface area contributed by atoms with Crippen molar-refractivity contribution < 1.29 is 4.79 Å². The Morgan fingerprint density at radius 2 is 2.20 bits per heavy atom. The SMILES string of the molecule is Cc1cc(Cl)ccc1C(=O)N(C)CCN. The van der Waals surface area contributed by atoms with E-state index in [4.69, 9.17) is 17.3 Å². The maximum atomic E-state index is 11.9. The second kappa shape index (κ2) is 5.14. The molecule has 0 unspecified atom stereocenters. The molecule has 15 heavy (non-hydrogen) atoms. The number of nitrogens with two attached hydrogens (primary N) is 1. The van der Waals surface area contributed by atoms with Gasteiger partial charge in [-0.15, -0.1) is 0 Å². The van der Waals surface area contributed by atoms with Crippen LogP contribution in [0.3, 0.4) is 0 Å². The summed E-state index contributed by atoms with van der Waals surface area (Å²) in [5.74, 6) is -0.0189. The Balaban J connectivity index is 2.91. The lowest BCUT2D eigenvalue weighted by atomic mass is 10.1. The Morgan fingerprint density at radius 1 is 1.53 bits per heavy atom. The molecule has 0 aliphatic rings. The Bertz CT molecular complexity index is 366. The number of hydrogen-bond acceptors (Lipinski definition) is 2. The Kier molecular flexibility index (Phi) is 4.12. The first-order chi connectivity index (χ1) is 7.06. The molecular weight excluding hydrogens is 212 g/mol. The largest absolute Gasteiger partial charge is 0.340 e. The van der Waals surface area contributed by atoms with Crippen LogP contribution in [0.25, 0.3) is 0 Å². The number of halogens is 1. The number of hydrogen-bond donors (Lipinski definition) is 1. The topological polar surface area (TPSA) is 46.3 Å². The van der Waals surface area contributed by atoms with Crippen LogP contribution >= 0.6 is 11.6 Å². The van der Waals surface area contributed by atoms with Crippen molar-refractivity contribution in [2.75, 3.05) is 20.1 Å². The van der Waals surface area contributed by atoms with E-state index in [0.29, 0.717) is 23.7 Å². The van der Waals surface area contributed by atoms with Crippen LogP contribution in [-0.2, 0) is 0 Å². The second-order valence-corrected chi connectivity index (χ2v) is 3.91. The molecule has 82 valence electrons. The van der Waals surface area contributed by atoms with E-state index in [2.05, 4.69) is 0 Å². The second-order valence-electron chi connectivity index (χ2n) is 3.47. The highest BCUT2D eigenvalue weighted by Gasteiger charge is 2.13. The van der Waals surface area contributed by atoms with Gasteiger partial charge in [0.25, 0.3) is 5.91 Å². The lowest BCUT2D eigenvalue weighted by molar-refractivity contribution is 0.0798. The lowest BCUT2D eigenvalue weighted by Gasteiger charge is -2.17. The first kappa shape index (κ1) is 12.0. The smallest absolute Gasteiger partial charge is 0.253 e. The average Bonchev–Trinajstić information content (AvgIpc) is 2.17. The molecule has 0 heterocycles. The zero-order valence-corrected chi connectivity index (χ0v) is 9.71. The fraction of sp³-hybridized carbons (Fsp3) is 0.364. The van der Waals surface area contributed by atoms with Crippen LogP contribution in [0.15, 0.2) is 18.2 Å². The monoisotopic (exact) mass is 226 g/mol. The molecule has 0 aromatic heterocycles. The van der Waals surface area contributed by atoms with Crippen molar-refractivity contribution >= 4 is 17.5 Å². The summed E-state index contributed by atoms with van der Waals surface area (Å²) in [4.78, 5) is 13.5. The van der Waals surface area contributed by atoms with Gasteiger partial charge in [-0.1, -0.05) is 11.6 Å². The normalized spacial score (nSPS) is 10.1. The lowest BCUT2D eigenvalue weighted by Crippen LogP contribution is -2.32. The van der Waals surface area contributed by atoms with Crippen LogP contribution in [0.5, 0.6) is 0 Å². The summed E-state index contributed by atoms with van der Waals surface area (Å²) in [5.41, 5.74) is 6.95. The Labute approximate surface area is 94.8 Å². The maximum Gasteiger partial charge on any atom is 0.253 e. The highest BCUT2D eigenvalue weighted by atomic mass is 35.5. The van der Waals surface area contributed by atoms with Gasteiger partial charge in [0, 0.05) is 30.7 Å². The number of rotatable bonds is 3. The molecule has 0 fully saturated rings. The van der Waals surface area contributed by atoms with E-state index in [9.17, 15) is 4.79 Å². The molecule has 2 N–H and O–H groups in total. The van der Waals surface area contributed by atoms with Crippen molar-refractivity contribution in [2.45, 2.75) is 6.92 Å². The molecule has 4 heteroatoms. The van der Waals surface area contributed by atoms with Crippen molar-refractivity contribution in [1.82, 2.24) is 4.90 Å². The van der Waals surface area contributed by atoms with E-state index in [1.54, 1.807) is 30.1 Å². The minimum atomic E-state index is -0.0189. The first-order valence-electron chi connectivity index (χ1n) is 4.78. The molecule has 0 saturated heterocycles. The molecule has 0 aliphatic carbocycles. The van der Waals surface area contributed by atoms with Crippen LogP contribution in [0.2, 0.25) is 5.02 Å². The Hall–Kier alpha value is -1.06. The third kappa shape index (κ3) is 2.94. The zero-order valence-electron chi connectivity index (χ0n) is 8.96. The standard InChI is InChI=1S/C11H15ClN2O/c1-8-7-9(12)3-4-10(8)11(15)14(2)6-5-13/h3-4,7H,5-6,13H2,1-2H3. The Morgan fingerprint density at radius 3 is 2.73 bits per heavy atom. The van der Waals surface area contributed by atoms with E-state index >= 15 is 0 Å². The summed E-state index contributed by atoms with van der Waals surface area (Å²) >= 11 is 5.82. The minimum absolute atomic E-state index is 0.0189. The van der Waals surface area contributed by atoms with Crippen LogP contribution in [0.4, 0.5) is 0 Å². The highest BCUT2D eigenvalue weighted by Crippen LogP contribution is 2.16. The number of carbonyl (C=O) groups is 1. The van der Waals surface area contributed by atoms with Gasteiger partial charge in [-0.3, -0.25) is 4.79 Å². The summed E-state index contributed by atoms with van der Waals surface area (Å²) in [6, 6.07) is 5.25. The van der Waals surface area contributed by atoms with Crippen LogP contribution in [0.1, 0.15) is 15.9 Å². The van der Waals surface area contributed by atoms with Gasteiger partial charge in [-0.25, -0.2) is 0 Å². The van der Waals surface area contributed by atoms with Crippen molar-refractivity contribution in [3.05, 3.63) is 34.3 Å². The quantitative estimate of drug-likeness (QED) is 0.853. The van der Waals surface area contributed by atoms with E-state index in [0.717, 1.165) is 5.56 Å². The molecule has 3 nitrogen and oxygen atoms in total. The molecule has 0 spiro atoms. The summed E-state index contributed by atoms with van der Waals surface area (Å²) in [5, 5.41) is 0.644. The van der Waals surface area contributed by atoms with Gasteiger partial charge < -0.3 is 10.6 Å². The third-order valence-electron chi connectivity index (χ3n) is 2.23. The molecule has 0 saturated carbocycles. The summed E-state index contributed by atoms with van der Waals surface area (Å²) in [7, 11) is 1.74. The zero-order chi connectivity index (χ0) is 11.4. The van der Waals surface area contributed by atoms with Crippen molar-refractivity contribution in [3.8, 4) is 0 Å². The number of likely N-dealkylation sites (N-methyl/N-ethyl adjacent to an activating group) is 1. The van der Waals surface area contributed by atoms with E-state index < -0.39 is 0 Å². The van der Waals surface area contributed by atoms with E-state index in [1.807, 2.05) is 6.92 Å². The molecule has 0 atom stereocenters. The molecular formula is C11H15ClN2O. The minimum Gasteiger partial charge on any atom is -0.340 e. The first-order valence-corrected chi connectivity index (χ1v) is 5.15. The van der Waals surface area contributed by atoms with Crippen LogP contribution < -0.4 is 5.73 Å². The molecule has 0 radical (unpaired) electrons. The molecule has 1 aromatic carbocycles. The van der Waals surface area contributed by atoms with E-state index in [1.165, 1.54) is 0 Å². The summed E-state index contributed by atoms with van der Waals surface area (Å²) in [6.45, 7) is 2.89. The van der Waals surface area contributed by atoms with Crippen LogP contribution in [0, 0.1) is 6.92 Å². The van der Waals surface area contributed by atoms with Gasteiger partial charge in [-0.2, -0.15) is 0 Å². The summed E-state index contributed by atoms with van der Waals surface area (Å²) < 4.78 is 0. The predicted molar refractivity (Wildman–Crippen MR) is 62.2 cm³/mol. The number of amides is 1. The van der Waals surface area contributed by atoms with Gasteiger partial charge in [0.1, 0.15) is 0 Å². The fourth-order valence-electron chi connectivity index (χ4n) is 1.37. The number of aryl methyl sites for hydroxylation is 1. The molecule has 1 amide bonds. The number of carbonyl (C=O) groups excluding carboxylic acids is 1. The maximum absolute atomic E-state index is 11.9. The van der Waals surface area contributed by atoms with Crippen molar-refractivity contribution in [3.63, 3.8) is 0 Å². The van der Waals surface area contributed by atoms with Gasteiger partial charge in [0.2, 0.25) is 0 Å². The molecule has 1 aromatic rings. The number of nitrogens with zero attached hydrogens (tertiary/aromatic N) is 1. The third-order valence-corrected chi connectivity index (χ3v) is 2.47.